The molecule has 2 aliphatic rings. The number of nitrogens with one attached hydrogen (secondary N) is 4. The number of nitrogens with zero attached hydrogens (tertiary/aromatic N) is 7. The van der Waals surface area contributed by atoms with E-state index in [9.17, 15) is 26.8 Å². The van der Waals surface area contributed by atoms with Crippen molar-refractivity contribution in [2.45, 2.75) is 49.7 Å². The molecule has 2 aliphatic heterocycles. The predicted molar refractivity (Wildman–Crippen MR) is 252 cm³/mol. The van der Waals surface area contributed by atoms with E-state index in [4.69, 9.17) is 0 Å². The number of carbonyl (C=O) groups excluding carboxylic acids is 2. The number of carbonyl (C=O) groups is 2. The quantitative estimate of drug-likeness (QED) is 0.0973. The number of piperidine rings is 1. The number of amides is 2. The maximum Gasteiger partial charge on any atom is 0.276 e. The second-order valence-electron chi connectivity index (χ2n) is 16.9. The molecule has 8 aromatic rings. The standard InChI is InChI=1S/C25H26N6O3S.C24H21F2N5O/c1-35(33,34)23-8-6-20(15-27-23)28-25(32)24-21-12-18(5-7-22(21)29-30-24)19-11-17(13-26-14-19)16-31-9-3-2-4-10-31;25-24(26)8-9-31(15-24)14-16-10-18(13-27-12-16)17-6-7-21-20(11-17)22(30-29-21)23(32)28-19-4-2-1-3-5-19/h5-8,11-15H,2-4,9-10,16H2,1H3,(H,28,32)(H,29,30);1-7,10-13H,8-9,14-15H2,(H,28,32)(H,29,30). The number of halogens is 2. The van der Waals surface area contributed by atoms with Crippen LogP contribution in [0.5, 0.6) is 0 Å². The summed E-state index contributed by atoms with van der Waals surface area (Å²) in [6.07, 6.45) is 13.3. The van der Waals surface area contributed by atoms with Crippen LogP contribution in [0.1, 0.15) is 57.8 Å². The molecule has 2 fully saturated rings. The van der Waals surface area contributed by atoms with Crippen molar-refractivity contribution in [3.63, 3.8) is 0 Å². The Morgan fingerprint density at radius 2 is 1.21 bits per heavy atom. The number of alkyl halides is 2. The Labute approximate surface area is 385 Å². The fraction of sp³-hybridized carbons (Fsp3) is 0.245. The van der Waals surface area contributed by atoms with Crippen LogP contribution in [0, 0.1) is 0 Å². The van der Waals surface area contributed by atoms with Gasteiger partial charge >= 0.3 is 0 Å². The van der Waals surface area contributed by atoms with Crippen molar-refractivity contribution in [1.82, 2.24) is 45.1 Å². The number of likely N-dealkylation sites (tertiary alicyclic amines) is 2. The number of benzene rings is 3. The molecule has 15 nitrogen and oxygen atoms in total. The van der Waals surface area contributed by atoms with Crippen LogP contribution >= 0.6 is 0 Å². The number of anilines is 2. The second-order valence-corrected chi connectivity index (χ2v) is 18.9. The molecular formula is C49H47F2N11O4S. The molecule has 0 spiro atoms. The van der Waals surface area contributed by atoms with E-state index in [1.165, 1.54) is 43.2 Å². The SMILES string of the molecule is CS(=O)(=O)c1ccc(NC(=O)c2n[nH]c3ccc(-c4cncc(CN5CCCCC5)c4)cc23)cn1.O=C(Nc1ccccc1)c1n[nH]c2ccc(-c3cncc(CN4CCC(F)(F)C4)c3)cc12. The fourth-order valence-corrected chi connectivity index (χ4v) is 8.91. The van der Waals surface area contributed by atoms with Crippen LogP contribution in [0.2, 0.25) is 0 Å². The third kappa shape index (κ3) is 10.9. The van der Waals surface area contributed by atoms with Gasteiger partial charge in [0.1, 0.15) is 0 Å². The molecule has 0 unspecified atom stereocenters. The van der Waals surface area contributed by atoms with E-state index in [1.807, 2.05) is 85.2 Å². The Kier molecular flexibility index (Phi) is 12.9. The van der Waals surface area contributed by atoms with Gasteiger partial charge in [0.15, 0.2) is 26.3 Å². The minimum Gasteiger partial charge on any atom is -0.321 e. The number of hydrogen-bond donors (Lipinski definition) is 4. The van der Waals surface area contributed by atoms with Crippen molar-refractivity contribution in [2.75, 3.05) is 43.1 Å². The number of aromatic amines is 2. The van der Waals surface area contributed by atoms with Crippen molar-refractivity contribution in [1.29, 1.82) is 0 Å². The van der Waals surface area contributed by atoms with E-state index in [1.54, 1.807) is 17.3 Å². The molecule has 0 bridgehead atoms. The molecule has 5 aromatic heterocycles. The molecule has 18 heteroatoms. The lowest BCUT2D eigenvalue weighted by Crippen LogP contribution is -2.29. The predicted octanol–water partition coefficient (Wildman–Crippen LogP) is 8.38. The second kappa shape index (κ2) is 19.3. The van der Waals surface area contributed by atoms with Gasteiger partial charge in [0.25, 0.3) is 17.7 Å². The van der Waals surface area contributed by atoms with Crippen LogP contribution in [0.3, 0.4) is 0 Å². The van der Waals surface area contributed by atoms with E-state index in [0.717, 1.165) is 64.7 Å². The minimum absolute atomic E-state index is 0.0542. The van der Waals surface area contributed by atoms with Crippen LogP contribution in [0.15, 0.2) is 127 Å². The van der Waals surface area contributed by atoms with Gasteiger partial charge in [0, 0.05) is 84.7 Å². The molecule has 4 N–H and O–H groups in total. The van der Waals surface area contributed by atoms with Gasteiger partial charge in [0.05, 0.1) is 29.5 Å². The summed E-state index contributed by atoms with van der Waals surface area (Å²) >= 11 is 0. The first-order valence-corrected chi connectivity index (χ1v) is 23.7. The highest BCUT2D eigenvalue weighted by atomic mass is 32.2. The van der Waals surface area contributed by atoms with E-state index in [2.05, 4.69) is 56.9 Å². The third-order valence-electron chi connectivity index (χ3n) is 11.7. The molecule has 0 radical (unpaired) electrons. The topological polar surface area (TPSA) is 195 Å². The Hall–Kier alpha value is -7.28. The van der Waals surface area contributed by atoms with Gasteiger partial charge in [-0.15, -0.1) is 0 Å². The molecule has 10 rings (SSSR count). The van der Waals surface area contributed by atoms with Gasteiger partial charge in [-0.25, -0.2) is 22.2 Å². The number of hydrogen-bond acceptors (Lipinski definition) is 11. The summed E-state index contributed by atoms with van der Waals surface area (Å²) < 4.78 is 50.2. The smallest absolute Gasteiger partial charge is 0.276 e. The van der Waals surface area contributed by atoms with Crippen LogP contribution in [0.4, 0.5) is 20.2 Å². The fourth-order valence-electron chi connectivity index (χ4n) is 8.35. The molecule has 7 heterocycles. The summed E-state index contributed by atoms with van der Waals surface area (Å²) in [6.45, 7) is 3.70. The number of fused-ring (bicyclic) bond motifs is 2. The van der Waals surface area contributed by atoms with Crippen LogP contribution in [-0.2, 0) is 22.9 Å². The van der Waals surface area contributed by atoms with Gasteiger partial charge in [-0.1, -0.05) is 36.8 Å². The van der Waals surface area contributed by atoms with Gasteiger partial charge < -0.3 is 10.6 Å². The van der Waals surface area contributed by atoms with E-state index in [0.29, 0.717) is 40.9 Å². The van der Waals surface area contributed by atoms with Crippen molar-refractivity contribution in [2.24, 2.45) is 0 Å². The van der Waals surface area contributed by atoms with E-state index >= 15 is 0 Å². The van der Waals surface area contributed by atoms with Gasteiger partial charge in [-0.05, 0) is 109 Å². The van der Waals surface area contributed by atoms with Crippen molar-refractivity contribution < 1.29 is 26.8 Å². The highest BCUT2D eigenvalue weighted by Crippen LogP contribution is 2.31. The number of sulfone groups is 1. The van der Waals surface area contributed by atoms with Crippen molar-refractivity contribution in [3.05, 3.63) is 144 Å². The number of aromatic nitrogens is 7. The Morgan fingerprint density at radius 1 is 0.642 bits per heavy atom. The highest BCUT2D eigenvalue weighted by molar-refractivity contribution is 7.90. The average Bonchev–Trinajstić information content (AvgIpc) is 4.05. The van der Waals surface area contributed by atoms with E-state index < -0.39 is 21.7 Å². The molecule has 2 amide bonds. The van der Waals surface area contributed by atoms with Crippen LogP contribution in [-0.4, -0.2) is 104 Å². The third-order valence-corrected chi connectivity index (χ3v) is 12.7. The highest BCUT2D eigenvalue weighted by Gasteiger charge is 2.38. The lowest BCUT2D eigenvalue weighted by molar-refractivity contribution is 0.0115. The van der Waals surface area contributed by atoms with Gasteiger partial charge in [0.2, 0.25) is 0 Å². The Morgan fingerprint density at radius 3 is 1.73 bits per heavy atom. The number of rotatable bonds is 11. The molecular weight excluding hydrogens is 877 g/mol. The summed E-state index contributed by atoms with van der Waals surface area (Å²) in [5, 5.41) is 21.1. The molecule has 0 saturated carbocycles. The Balaban J connectivity index is 0.000000169. The maximum atomic E-state index is 13.5. The minimum atomic E-state index is -3.41. The van der Waals surface area contributed by atoms with Crippen LogP contribution in [0.25, 0.3) is 44.1 Å². The number of pyridine rings is 3. The largest absolute Gasteiger partial charge is 0.321 e. The van der Waals surface area contributed by atoms with E-state index in [-0.39, 0.29) is 29.6 Å². The summed E-state index contributed by atoms with van der Waals surface area (Å²) in [5.74, 6) is -3.34. The van der Waals surface area contributed by atoms with Gasteiger partial charge in [-0.2, -0.15) is 10.2 Å². The number of para-hydroxylation sites is 1. The summed E-state index contributed by atoms with van der Waals surface area (Å²) in [6, 6.07) is 27.6. The molecule has 3 aromatic carbocycles. The summed E-state index contributed by atoms with van der Waals surface area (Å²) in [4.78, 5) is 42.6. The normalized spacial score (nSPS) is 15.3. The molecule has 2 saturated heterocycles. The van der Waals surface area contributed by atoms with Crippen molar-refractivity contribution >= 4 is 54.8 Å². The molecule has 67 heavy (non-hydrogen) atoms. The van der Waals surface area contributed by atoms with Crippen molar-refractivity contribution in [3.8, 4) is 22.3 Å². The number of H-pyrrole nitrogens is 2. The van der Waals surface area contributed by atoms with Crippen LogP contribution < -0.4 is 10.6 Å². The lowest BCUT2D eigenvalue weighted by Gasteiger charge is -2.26. The zero-order chi connectivity index (χ0) is 46.5. The first-order chi connectivity index (χ1) is 32.3. The molecule has 0 atom stereocenters. The lowest BCUT2D eigenvalue weighted by atomic mass is 10.0. The first-order valence-electron chi connectivity index (χ1n) is 21.8. The average molecular weight is 924 g/mol. The summed E-state index contributed by atoms with van der Waals surface area (Å²) in [7, 11) is -3.41. The molecule has 0 aliphatic carbocycles. The zero-order valence-electron chi connectivity index (χ0n) is 36.5. The first kappa shape index (κ1) is 44.9. The maximum absolute atomic E-state index is 13.5. The molecule has 342 valence electrons. The Bertz CT molecular complexity index is 3180. The monoisotopic (exact) mass is 923 g/mol. The van der Waals surface area contributed by atoms with Gasteiger partial charge in [-0.3, -0.25) is 39.6 Å². The zero-order valence-corrected chi connectivity index (χ0v) is 37.4. The summed E-state index contributed by atoms with van der Waals surface area (Å²) in [5.41, 5.74) is 8.78.